The van der Waals surface area contributed by atoms with Gasteiger partial charge in [0.15, 0.2) is 0 Å². The van der Waals surface area contributed by atoms with Crippen LogP contribution in [0.4, 0.5) is 0 Å². The fraction of sp³-hybridized carbons (Fsp3) is 0.594. The number of pyridine rings is 1. The predicted molar refractivity (Wildman–Crippen MR) is 144 cm³/mol. The summed E-state index contributed by atoms with van der Waals surface area (Å²) in [5, 5.41) is 2.55. The highest BCUT2D eigenvalue weighted by Gasteiger charge is 2.66. The monoisotopic (exact) mass is 481 g/mol. The number of fused-ring (bicyclic) bond motifs is 2. The van der Waals surface area contributed by atoms with E-state index in [-0.39, 0.29) is 16.6 Å². The van der Waals surface area contributed by atoms with E-state index in [0.29, 0.717) is 23.9 Å². The highest BCUT2D eigenvalue weighted by atomic mass is 16.5. The van der Waals surface area contributed by atoms with E-state index in [1.165, 1.54) is 79.8 Å². The number of rotatable bonds is 2. The molecule has 4 heterocycles. The van der Waals surface area contributed by atoms with E-state index in [1.807, 2.05) is 12.4 Å². The Morgan fingerprint density at radius 3 is 2.92 bits per heavy atom. The lowest BCUT2D eigenvalue weighted by molar-refractivity contribution is -0.140. The molecule has 0 radical (unpaired) electrons. The Bertz CT molecular complexity index is 1300. The number of aromatic nitrogens is 1. The van der Waals surface area contributed by atoms with Crippen LogP contribution in [0.2, 0.25) is 0 Å². The van der Waals surface area contributed by atoms with Crippen LogP contribution >= 0.6 is 0 Å². The number of hydrogen-bond donors (Lipinski definition) is 1. The van der Waals surface area contributed by atoms with E-state index in [0.717, 1.165) is 13.0 Å². The molecule has 0 amide bonds. The van der Waals surface area contributed by atoms with Crippen molar-refractivity contribution < 1.29 is 4.74 Å². The van der Waals surface area contributed by atoms with Gasteiger partial charge in [-0.15, -0.1) is 0 Å². The van der Waals surface area contributed by atoms with E-state index < -0.39 is 0 Å². The first-order valence-electron chi connectivity index (χ1n) is 14.4. The Labute approximate surface area is 215 Å². The predicted octanol–water partition coefficient (Wildman–Crippen LogP) is 5.88. The van der Waals surface area contributed by atoms with E-state index in [9.17, 15) is 0 Å². The van der Waals surface area contributed by atoms with Gasteiger partial charge in [-0.3, -0.25) is 9.88 Å². The van der Waals surface area contributed by atoms with E-state index in [2.05, 4.69) is 53.2 Å². The van der Waals surface area contributed by atoms with Gasteiger partial charge in [0.05, 0.1) is 11.2 Å². The van der Waals surface area contributed by atoms with Crippen molar-refractivity contribution in [1.29, 1.82) is 0 Å². The van der Waals surface area contributed by atoms with Gasteiger partial charge in [-0.1, -0.05) is 31.2 Å². The largest absolute Gasteiger partial charge is 0.359 e. The molecule has 2 bridgehead atoms. The summed E-state index contributed by atoms with van der Waals surface area (Å²) in [4.78, 5) is 7.07. The summed E-state index contributed by atoms with van der Waals surface area (Å²) in [7, 11) is 0. The number of likely N-dealkylation sites (tertiary alicyclic amines) is 1. The molecule has 8 rings (SSSR count). The second-order valence-corrected chi connectivity index (χ2v) is 13.1. The number of nitrogens with two attached hydrogens (primary N) is 1. The smallest absolute Gasteiger partial charge is 0.0974 e. The average molecular weight is 482 g/mol. The average Bonchev–Trinajstić information content (AvgIpc) is 3.57. The highest BCUT2D eigenvalue weighted by molar-refractivity contribution is 5.82. The van der Waals surface area contributed by atoms with Gasteiger partial charge >= 0.3 is 0 Å². The summed E-state index contributed by atoms with van der Waals surface area (Å²) < 4.78 is 7.53. The maximum Gasteiger partial charge on any atom is 0.0974 e. The fourth-order valence-electron chi connectivity index (χ4n) is 9.71. The van der Waals surface area contributed by atoms with Crippen LogP contribution in [0.5, 0.6) is 0 Å². The lowest BCUT2D eigenvalue weighted by atomic mass is 9.58. The molecule has 4 heteroatoms. The number of allylic oxidation sites excluding steroid dienone is 1. The van der Waals surface area contributed by atoms with Gasteiger partial charge in [0.25, 0.3) is 0 Å². The quantitative estimate of drug-likeness (QED) is 0.582. The summed E-state index contributed by atoms with van der Waals surface area (Å²) in [6.45, 7) is 4.81. The van der Waals surface area contributed by atoms with Crippen molar-refractivity contribution in [2.24, 2.45) is 17.1 Å². The molecule has 2 saturated heterocycles. The van der Waals surface area contributed by atoms with Crippen LogP contribution in [0.15, 0.2) is 60.0 Å². The lowest BCUT2D eigenvalue weighted by Gasteiger charge is -2.55. The SMILES string of the molecule is C[C@]12CC=C3C=C4CC[C@@H](N5CC[C@@H](N)C5)C[C@]45CC[C@]3(O5)[C@@H]1CC[C@@H]2c1ccc2ccncc2c1. The van der Waals surface area contributed by atoms with Gasteiger partial charge in [-0.2, -0.15) is 0 Å². The minimum absolute atomic E-state index is 0.0299. The Kier molecular flexibility index (Phi) is 4.60. The van der Waals surface area contributed by atoms with Crippen LogP contribution < -0.4 is 5.73 Å². The summed E-state index contributed by atoms with van der Waals surface area (Å²) >= 11 is 0. The summed E-state index contributed by atoms with van der Waals surface area (Å²) in [6.07, 6.45) is 20.0. The third kappa shape index (κ3) is 2.90. The summed E-state index contributed by atoms with van der Waals surface area (Å²) in [5.41, 5.74) is 11.1. The molecule has 4 fully saturated rings. The van der Waals surface area contributed by atoms with Crippen molar-refractivity contribution in [1.82, 2.24) is 9.88 Å². The van der Waals surface area contributed by atoms with Crippen molar-refractivity contribution in [3.63, 3.8) is 0 Å². The standard InChI is InChI=1S/C32H39N3O/c1-30-11-8-25-17-24-4-5-27(35-15-10-26(33)20-35)18-31(24)12-13-32(25,36-31)29(30)7-6-28(30)22-3-2-21-9-14-34-19-23(21)16-22/h2-3,8-9,14,16-17,19,26-29H,4-7,10-13,15,18,20,33H2,1H3/t26-,27-,28-,29-,30-,31-,32-/m1/s1. The van der Waals surface area contributed by atoms with E-state index >= 15 is 0 Å². The van der Waals surface area contributed by atoms with Crippen molar-refractivity contribution in [3.05, 3.63) is 65.5 Å². The Hall–Kier alpha value is -2.01. The second-order valence-electron chi connectivity index (χ2n) is 13.1. The number of ether oxygens (including phenoxy) is 1. The molecule has 2 saturated carbocycles. The maximum atomic E-state index is 7.53. The highest BCUT2D eigenvalue weighted by Crippen LogP contribution is 2.69. The number of hydrogen-bond acceptors (Lipinski definition) is 4. The Morgan fingerprint density at radius 1 is 1.08 bits per heavy atom. The first kappa shape index (κ1) is 22.0. The molecule has 36 heavy (non-hydrogen) atoms. The molecule has 3 aliphatic heterocycles. The molecular formula is C32H39N3O. The van der Waals surface area contributed by atoms with Crippen LogP contribution in [0.25, 0.3) is 10.8 Å². The molecule has 0 unspecified atom stereocenters. The summed E-state index contributed by atoms with van der Waals surface area (Å²) in [5.74, 6) is 1.17. The van der Waals surface area contributed by atoms with Crippen molar-refractivity contribution in [2.75, 3.05) is 13.1 Å². The molecular weight excluding hydrogens is 442 g/mol. The van der Waals surface area contributed by atoms with E-state index in [4.69, 9.17) is 10.5 Å². The van der Waals surface area contributed by atoms with Gasteiger partial charge in [-0.25, -0.2) is 0 Å². The first-order chi connectivity index (χ1) is 17.5. The molecule has 3 aliphatic carbocycles. The lowest BCUT2D eigenvalue weighted by Crippen LogP contribution is -2.55. The number of benzene rings is 1. The third-order valence-corrected chi connectivity index (χ3v) is 11.5. The molecule has 7 atom stereocenters. The second kappa shape index (κ2) is 7.52. The zero-order valence-corrected chi connectivity index (χ0v) is 21.6. The fourth-order valence-corrected chi connectivity index (χ4v) is 9.71. The van der Waals surface area contributed by atoms with Gasteiger partial charge in [0.1, 0.15) is 0 Å². The normalized spacial score (nSPS) is 43.6. The molecule has 2 N–H and O–H groups in total. The van der Waals surface area contributed by atoms with Crippen molar-refractivity contribution in [2.45, 2.75) is 93.9 Å². The molecule has 1 aromatic carbocycles. The van der Waals surface area contributed by atoms with Gasteiger partial charge in [-0.05, 0) is 109 Å². The Morgan fingerprint density at radius 2 is 2.03 bits per heavy atom. The van der Waals surface area contributed by atoms with Crippen molar-refractivity contribution >= 4 is 10.8 Å². The molecule has 188 valence electrons. The van der Waals surface area contributed by atoms with E-state index in [1.54, 1.807) is 5.57 Å². The first-order valence-corrected chi connectivity index (χ1v) is 14.4. The van der Waals surface area contributed by atoms with Crippen LogP contribution in [-0.4, -0.2) is 46.3 Å². The van der Waals surface area contributed by atoms with Crippen LogP contribution in [0, 0.1) is 11.3 Å². The van der Waals surface area contributed by atoms with Gasteiger partial charge < -0.3 is 10.5 Å². The minimum Gasteiger partial charge on any atom is -0.359 e. The minimum atomic E-state index is -0.0764. The molecule has 4 nitrogen and oxygen atoms in total. The topological polar surface area (TPSA) is 51.4 Å². The summed E-state index contributed by atoms with van der Waals surface area (Å²) in [6, 6.07) is 10.2. The van der Waals surface area contributed by atoms with Crippen molar-refractivity contribution in [3.8, 4) is 0 Å². The molecule has 6 aliphatic rings. The van der Waals surface area contributed by atoms with Crippen LogP contribution in [0.3, 0.4) is 0 Å². The number of nitrogens with zero attached hydrogens (tertiary/aromatic N) is 2. The zero-order chi connectivity index (χ0) is 24.1. The molecule has 1 aromatic heterocycles. The third-order valence-electron chi connectivity index (χ3n) is 11.5. The zero-order valence-electron chi connectivity index (χ0n) is 21.6. The molecule has 2 aromatic rings. The van der Waals surface area contributed by atoms with Crippen LogP contribution in [-0.2, 0) is 4.74 Å². The Balaban J connectivity index is 1.14. The van der Waals surface area contributed by atoms with Gasteiger partial charge in [0, 0.05) is 43.0 Å². The van der Waals surface area contributed by atoms with Crippen LogP contribution in [0.1, 0.15) is 76.2 Å². The van der Waals surface area contributed by atoms with Gasteiger partial charge in [0.2, 0.25) is 0 Å². The maximum absolute atomic E-state index is 7.53. The molecule has 2 spiro atoms.